The van der Waals surface area contributed by atoms with Gasteiger partial charge in [-0.3, -0.25) is 0 Å². The number of halogens is 3. The Labute approximate surface area is 201 Å². The summed E-state index contributed by atoms with van der Waals surface area (Å²) in [7, 11) is 1.60. The van der Waals surface area contributed by atoms with Crippen molar-refractivity contribution >= 4 is 46.8 Å². The van der Waals surface area contributed by atoms with Crippen LogP contribution in [0.5, 0.6) is 5.75 Å². The molecule has 2 unspecified atom stereocenters. The third-order valence-electron chi connectivity index (χ3n) is 5.35. The molecule has 8 nitrogen and oxygen atoms in total. The Morgan fingerprint density at radius 1 is 1.03 bits per heavy atom. The van der Waals surface area contributed by atoms with Gasteiger partial charge < -0.3 is 19.3 Å². The molecule has 4 rings (SSSR count). The van der Waals surface area contributed by atoms with E-state index in [2.05, 4.69) is 15.0 Å². The molecule has 2 fully saturated rings. The van der Waals surface area contributed by atoms with Crippen LogP contribution in [0.3, 0.4) is 0 Å². The highest BCUT2D eigenvalue weighted by Crippen LogP contribution is 2.39. The number of hydrogen-bond donors (Lipinski definition) is 0. The van der Waals surface area contributed by atoms with Gasteiger partial charge in [-0.2, -0.15) is 9.97 Å². The number of ether oxygens (including phenoxy) is 2. The summed E-state index contributed by atoms with van der Waals surface area (Å²) in [5, 5.41) is 0. The van der Waals surface area contributed by atoms with E-state index in [4.69, 9.17) is 44.3 Å². The van der Waals surface area contributed by atoms with Crippen LogP contribution in [0.1, 0.15) is 33.0 Å². The van der Waals surface area contributed by atoms with E-state index in [0.717, 1.165) is 12.0 Å². The van der Waals surface area contributed by atoms with E-state index in [-0.39, 0.29) is 24.0 Å². The molecule has 2 aliphatic rings. The maximum Gasteiger partial charge on any atom is 0.410 e. The van der Waals surface area contributed by atoms with E-state index in [0.29, 0.717) is 30.6 Å². The predicted molar refractivity (Wildman–Crippen MR) is 124 cm³/mol. The highest BCUT2D eigenvalue weighted by atomic mass is 35.6. The lowest BCUT2D eigenvalue weighted by Crippen LogP contribution is -2.50. The van der Waals surface area contributed by atoms with Gasteiger partial charge in [-0.1, -0.05) is 34.8 Å². The molecule has 0 radical (unpaired) electrons. The molecule has 1 amide bonds. The minimum Gasteiger partial charge on any atom is -0.497 e. The first-order valence-electron chi connectivity index (χ1n) is 10.2. The lowest BCUT2D eigenvalue weighted by atomic mass is 10.2. The number of anilines is 1. The molecule has 2 aliphatic heterocycles. The van der Waals surface area contributed by atoms with Gasteiger partial charge in [0, 0.05) is 18.7 Å². The summed E-state index contributed by atoms with van der Waals surface area (Å²) >= 11 is 18.4. The van der Waals surface area contributed by atoms with Gasteiger partial charge in [0.15, 0.2) is 11.6 Å². The summed E-state index contributed by atoms with van der Waals surface area (Å²) in [6, 6.07) is 7.34. The van der Waals surface area contributed by atoms with Crippen LogP contribution >= 0.6 is 34.8 Å². The number of rotatable bonds is 3. The zero-order valence-electron chi connectivity index (χ0n) is 18.2. The second-order valence-corrected chi connectivity index (χ2v) is 11.1. The molecular weight excluding hydrogens is 477 g/mol. The van der Waals surface area contributed by atoms with Crippen molar-refractivity contribution in [2.75, 3.05) is 25.1 Å². The Morgan fingerprint density at radius 2 is 1.72 bits per heavy atom. The Kier molecular flexibility index (Phi) is 6.07. The number of alkyl halides is 3. The molecule has 11 heteroatoms. The van der Waals surface area contributed by atoms with E-state index in [1.807, 2.05) is 49.9 Å². The number of likely N-dealkylation sites (tertiary alicyclic amines) is 1. The van der Waals surface area contributed by atoms with Crippen molar-refractivity contribution in [1.82, 2.24) is 19.9 Å². The molecule has 2 aromatic rings. The molecule has 0 N–H and O–H groups in total. The number of methoxy groups -OCH3 is 1. The molecule has 0 spiro atoms. The predicted octanol–water partition coefficient (Wildman–Crippen LogP) is 4.57. The van der Waals surface area contributed by atoms with Gasteiger partial charge in [0.05, 0.1) is 19.2 Å². The van der Waals surface area contributed by atoms with Crippen molar-refractivity contribution in [1.29, 1.82) is 0 Å². The van der Waals surface area contributed by atoms with Crippen LogP contribution in [0, 0.1) is 0 Å². The fourth-order valence-corrected chi connectivity index (χ4v) is 4.20. The molecule has 3 heterocycles. The maximum absolute atomic E-state index is 12.6. The minimum absolute atomic E-state index is 0.00673. The molecule has 0 saturated carbocycles. The normalized spacial score (nSPS) is 20.6. The van der Waals surface area contributed by atoms with Gasteiger partial charge in [0.25, 0.3) is 0 Å². The SMILES string of the molecule is COc1ccc(-c2nc(N3CC4CC3CN4C(=O)OC(C)(C)C)nc(C(Cl)(Cl)Cl)n2)cc1. The highest BCUT2D eigenvalue weighted by molar-refractivity contribution is 6.66. The van der Waals surface area contributed by atoms with Crippen LogP contribution in [-0.2, 0) is 8.53 Å². The minimum atomic E-state index is -1.81. The highest BCUT2D eigenvalue weighted by Gasteiger charge is 2.48. The molecule has 2 bridgehead atoms. The number of nitrogens with zero attached hydrogens (tertiary/aromatic N) is 5. The molecule has 1 aromatic carbocycles. The van der Waals surface area contributed by atoms with Crippen molar-refractivity contribution < 1.29 is 14.3 Å². The van der Waals surface area contributed by atoms with Crippen LogP contribution in [0.4, 0.5) is 10.7 Å². The van der Waals surface area contributed by atoms with Crippen LogP contribution in [0.25, 0.3) is 11.4 Å². The first-order valence-corrected chi connectivity index (χ1v) is 11.3. The van der Waals surface area contributed by atoms with Gasteiger partial charge >= 0.3 is 6.09 Å². The summed E-state index contributed by atoms with van der Waals surface area (Å²) < 4.78 is 8.95. The molecular formula is C21H24Cl3N5O3. The Balaban J connectivity index is 1.61. The van der Waals surface area contributed by atoms with Crippen molar-refractivity contribution in [2.24, 2.45) is 0 Å². The number of piperazine rings is 1. The number of carbonyl (C=O) groups is 1. The fraction of sp³-hybridized carbons (Fsp3) is 0.524. The van der Waals surface area contributed by atoms with Gasteiger partial charge in [-0.25, -0.2) is 9.78 Å². The second-order valence-electron chi connectivity index (χ2n) is 8.84. The van der Waals surface area contributed by atoms with E-state index in [1.165, 1.54) is 0 Å². The summed E-state index contributed by atoms with van der Waals surface area (Å²) in [4.78, 5) is 29.8. The first kappa shape index (κ1) is 23.1. The van der Waals surface area contributed by atoms with Gasteiger partial charge in [0.1, 0.15) is 11.4 Å². The Bertz CT molecular complexity index is 1010. The lowest BCUT2D eigenvalue weighted by Gasteiger charge is -2.35. The van der Waals surface area contributed by atoms with Crippen molar-refractivity contribution in [3.05, 3.63) is 30.1 Å². The van der Waals surface area contributed by atoms with Crippen molar-refractivity contribution in [2.45, 2.75) is 48.7 Å². The number of amides is 1. The average Bonchev–Trinajstić information content (AvgIpc) is 3.33. The topological polar surface area (TPSA) is 80.7 Å². The Hall–Kier alpha value is -2.03. The van der Waals surface area contributed by atoms with Crippen molar-refractivity contribution in [3.8, 4) is 17.1 Å². The van der Waals surface area contributed by atoms with Crippen LogP contribution in [0.2, 0.25) is 0 Å². The third kappa shape index (κ3) is 4.82. The fourth-order valence-electron chi connectivity index (χ4n) is 3.95. The van der Waals surface area contributed by atoms with Crippen molar-refractivity contribution in [3.63, 3.8) is 0 Å². The quantitative estimate of drug-likeness (QED) is 0.571. The van der Waals surface area contributed by atoms with E-state index < -0.39 is 9.39 Å². The average molecular weight is 501 g/mol. The molecule has 2 atom stereocenters. The monoisotopic (exact) mass is 499 g/mol. The number of hydrogen-bond acceptors (Lipinski definition) is 7. The molecule has 172 valence electrons. The number of fused-ring (bicyclic) bond motifs is 2. The van der Waals surface area contributed by atoms with Crippen LogP contribution in [0.15, 0.2) is 24.3 Å². The Morgan fingerprint density at radius 3 is 2.25 bits per heavy atom. The molecule has 0 aliphatic carbocycles. The smallest absolute Gasteiger partial charge is 0.410 e. The molecule has 1 aromatic heterocycles. The third-order valence-corrected chi connectivity index (χ3v) is 5.86. The van der Waals surface area contributed by atoms with E-state index in [9.17, 15) is 4.79 Å². The number of benzene rings is 1. The summed E-state index contributed by atoms with van der Waals surface area (Å²) in [6.45, 7) is 6.65. The van der Waals surface area contributed by atoms with Crippen LogP contribution in [-0.4, -0.2) is 63.8 Å². The second kappa shape index (κ2) is 8.39. The lowest BCUT2D eigenvalue weighted by molar-refractivity contribution is 0.0214. The maximum atomic E-state index is 12.6. The summed E-state index contributed by atoms with van der Waals surface area (Å²) in [6.07, 6.45) is 0.493. The summed E-state index contributed by atoms with van der Waals surface area (Å²) in [5.74, 6) is 1.57. The molecule has 2 saturated heterocycles. The van der Waals surface area contributed by atoms with E-state index >= 15 is 0 Å². The number of carbonyl (C=O) groups excluding carboxylic acids is 1. The van der Waals surface area contributed by atoms with Crippen LogP contribution < -0.4 is 9.64 Å². The zero-order chi connectivity index (χ0) is 23.3. The standard InChI is InChI=1S/C21H24Cl3N5O3/c1-20(2,3)32-19(30)29-11-13-9-14(29)10-28(13)18-26-16(25-17(27-18)21(22,23)24)12-5-7-15(31-4)8-6-12/h5-8,13-14H,9-11H2,1-4H3. The zero-order valence-corrected chi connectivity index (χ0v) is 20.4. The largest absolute Gasteiger partial charge is 0.497 e. The number of aromatic nitrogens is 3. The molecule has 32 heavy (non-hydrogen) atoms. The first-order chi connectivity index (χ1) is 14.9. The van der Waals surface area contributed by atoms with E-state index in [1.54, 1.807) is 12.0 Å². The van der Waals surface area contributed by atoms with Gasteiger partial charge in [-0.15, -0.1) is 0 Å². The van der Waals surface area contributed by atoms with Gasteiger partial charge in [0.2, 0.25) is 9.74 Å². The van der Waals surface area contributed by atoms with Gasteiger partial charge in [-0.05, 0) is 51.5 Å². The summed E-state index contributed by atoms with van der Waals surface area (Å²) in [5.41, 5.74) is 0.198.